The lowest BCUT2D eigenvalue weighted by Crippen LogP contribution is -2.50. The molecule has 0 aliphatic heterocycles. The van der Waals surface area contributed by atoms with Crippen LogP contribution in [0.5, 0.6) is 0 Å². The van der Waals surface area contributed by atoms with Crippen molar-refractivity contribution in [2.45, 2.75) is 39.3 Å². The van der Waals surface area contributed by atoms with Crippen LogP contribution in [0.1, 0.15) is 27.8 Å². The van der Waals surface area contributed by atoms with Gasteiger partial charge in [-0.2, -0.15) is 0 Å². The number of amides is 2. The number of benzene rings is 3. The maximum atomic E-state index is 13.5. The second kappa shape index (κ2) is 10.6. The Morgan fingerprint density at radius 1 is 0.839 bits per heavy atom. The van der Waals surface area contributed by atoms with Crippen LogP contribution >= 0.6 is 0 Å². The Labute approximate surface area is 184 Å². The zero-order valence-corrected chi connectivity index (χ0v) is 18.5. The van der Waals surface area contributed by atoms with E-state index in [-0.39, 0.29) is 18.2 Å². The zero-order valence-electron chi connectivity index (χ0n) is 18.5. The van der Waals surface area contributed by atoms with E-state index < -0.39 is 6.04 Å². The number of carbonyl (C=O) groups excluding carboxylic acids is 2. The average Bonchev–Trinajstić information content (AvgIpc) is 2.79. The number of hydrogen-bond acceptors (Lipinski definition) is 2. The Balaban J connectivity index is 1.94. The van der Waals surface area contributed by atoms with Gasteiger partial charge in [-0.25, -0.2) is 0 Å². The fourth-order valence-corrected chi connectivity index (χ4v) is 3.67. The first kappa shape index (κ1) is 22.3. The lowest BCUT2D eigenvalue weighted by atomic mass is 10.0. The average molecular weight is 415 g/mol. The minimum absolute atomic E-state index is 0.0587. The fraction of sp³-hybridized carbons (Fsp3) is 0.259. The number of carbonyl (C=O) groups is 2. The first-order chi connectivity index (χ1) is 15.0. The number of nitrogens with one attached hydrogen (secondary N) is 1. The van der Waals surface area contributed by atoms with Crippen molar-refractivity contribution in [3.63, 3.8) is 0 Å². The largest absolute Gasteiger partial charge is 0.357 e. The van der Waals surface area contributed by atoms with E-state index in [0.29, 0.717) is 13.0 Å². The standard InChI is InChI=1S/C27H30N2O2/c1-20-13-15-23(16-14-20)18-26(30)29(19-24-12-8-7-9-21(24)2)25(27(31)28-3)17-22-10-5-4-6-11-22/h4-16,25H,17-19H2,1-3H3,(H,28,31)/t25-/m0/s1. The molecule has 0 saturated carbocycles. The van der Waals surface area contributed by atoms with Gasteiger partial charge in [0, 0.05) is 20.0 Å². The molecule has 0 bridgehead atoms. The minimum Gasteiger partial charge on any atom is -0.357 e. The van der Waals surface area contributed by atoms with Crippen LogP contribution in [0, 0.1) is 13.8 Å². The third-order valence-electron chi connectivity index (χ3n) is 5.60. The molecule has 3 aromatic carbocycles. The third-order valence-corrected chi connectivity index (χ3v) is 5.60. The van der Waals surface area contributed by atoms with E-state index >= 15 is 0 Å². The summed E-state index contributed by atoms with van der Waals surface area (Å²) in [5, 5.41) is 2.76. The van der Waals surface area contributed by atoms with Gasteiger partial charge in [0.25, 0.3) is 0 Å². The van der Waals surface area contributed by atoms with Crippen LogP contribution in [0.15, 0.2) is 78.9 Å². The molecule has 160 valence electrons. The van der Waals surface area contributed by atoms with E-state index in [1.807, 2.05) is 92.7 Å². The Hall–Kier alpha value is -3.40. The van der Waals surface area contributed by atoms with Crippen LogP contribution in [0.4, 0.5) is 0 Å². The summed E-state index contributed by atoms with van der Waals surface area (Å²) in [6, 6.07) is 25.2. The molecule has 4 nitrogen and oxygen atoms in total. The van der Waals surface area contributed by atoms with Crippen LogP contribution < -0.4 is 5.32 Å². The summed E-state index contributed by atoms with van der Waals surface area (Å²) in [4.78, 5) is 28.2. The van der Waals surface area contributed by atoms with E-state index in [9.17, 15) is 9.59 Å². The number of aryl methyl sites for hydroxylation is 2. The van der Waals surface area contributed by atoms with Gasteiger partial charge in [0.05, 0.1) is 6.42 Å². The predicted octanol–water partition coefficient (Wildman–Crippen LogP) is 4.23. The van der Waals surface area contributed by atoms with Crippen molar-refractivity contribution in [1.82, 2.24) is 10.2 Å². The van der Waals surface area contributed by atoms with Crippen molar-refractivity contribution < 1.29 is 9.59 Å². The summed E-state index contributed by atoms with van der Waals surface area (Å²) >= 11 is 0. The summed E-state index contributed by atoms with van der Waals surface area (Å²) in [5.41, 5.74) is 5.27. The van der Waals surface area contributed by atoms with Gasteiger partial charge in [-0.1, -0.05) is 84.4 Å². The first-order valence-electron chi connectivity index (χ1n) is 10.6. The molecule has 0 aliphatic carbocycles. The molecule has 2 amide bonds. The molecule has 0 unspecified atom stereocenters. The lowest BCUT2D eigenvalue weighted by molar-refractivity contribution is -0.140. The molecule has 3 aromatic rings. The number of likely N-dealkylation sites (N-methyl/N-ethyl adjacent to an activating group) is 1. The van der Waals surface area contributed by atoms with Gasteiger partial charge >= 0.3 is 0 Å². The monoisotopic (exact) mass is 414 g/mol. The SMILES string of the molecule is CNC(=O)[C@H](Cc1ccccc1)N(Cc1ccccc1C)C(=O)Cc1ccc(C)cc1. The second-order valence-electron chi connectivity index (χ2n) is 7.93. The van der Waals surface area contributed by atoms with E-state index in [1.54, 1.807) is 11.9 Å². The van der Waals surface area contributed by atoms with Gasteiger partial charge in [0.1, 0.15) is 6.04 Å². The molecule has 3 rings (SSSR count). The molecule has 0 aliphatic rings. The maximum absolute atomic E-state index is 13.5. The highest BCUT2D eigenvalue weighted by atomic mass is 16.2. The molecule has 1 N–H and O–H groups in total. The number of rotatable bonds is 8. The molecule has 0 heterocycles. The molecule has 0 spiro atoms. The van der Waals surface area contributed by atoms with Crippen LogP contribution in [0.3, 0.4) is 0 Å². The molecule has 0 fully saturated rings. The Kier molecular flexibility index (Phi) is 7.60. The van der Waals surface area contributed by atoms with Gasteiger partial charge in [-0.3, -0.25) is 9.59 Å². The molecule has 31 heavy (non-hydrogen) atoms. The smallest absolute Gasteiger partial charge is 0.242 e. The summed E-state index contributed by atoms with van der Waals surface area (Å²) in [7, 11) is 1.62. The van der Waals surface area contributed by atoms with Crippen molar-refractivity contribution in [2.24, 2.45) is 0 Å². The van der Waals surface area contributed by atoms with Crippen LogP contribution in [-0.2, 0) is 29.0 Å². The van der Waals surface area contributed by atoms with Crippen LogP contribution in [0.25, 0.3) is 0 Å². The molecule has 4 heteroatoms. The van der Waals surface area contributed by atoms with Crippen molar-refractivity contribution in [1.29, 1.82) is 0 Å². The maximum Gasteiger partial charge on any atom is 0.242 e. The van der Waals surface area contributed by atoms with Gasteiger partial charge in [-0.05, 0) is 36.1 Å². The third kappa shape index (κ3) is 6.05. The van der Waals surface area contributed by atoms with Gasteiger partial charge in [0.15, 0.2) is 0 Å². The van der Waals surface area contributed by atoms with Gasteiger partial charge < -0.3 is 10.2 Å². The second-order valence-corrected chi connectivity index (χ2v) is 7.93. The zero-order chi connectivity index (χ0) is 22.2. The van der Waals surface area contributed by atoms with E-state index in [2.05, 4.69) is 5.32 Å². The van der Waals surface area contributed by atoms with E-state index in [1.165, 1.54) is 0 Å². The Morgan fingerprint density at radius 3 is 2.13 bits per heavy atom. The van der Waals surface area contributed by atoms with E-state index in [4.69, 9.17) is 0 Å². The number of hydrogen-bond donors (Lipinski definition) is 1. The molecule has 0 aromatic heterocycles. The van der Waals surface area contributed by atoms with Crippen molar-refractivity contribution in [3.8, 4) is 0 Å². The van der Waals surface area contributed by atoms with Crippen molar-refractivity contribution in [2.75, 3.05) is 7.05 Å². The van der Waals surface area contributed by atoms with Gasteiger partial charge in [0.2, 0.25) is 11.8 Å². The van der Waals surface area contributed by atoms with Crippen molar-refractivity contribution in [3.05, 3.63) is 107 Å². The quantitative estimate of drug-likeness (QED) is 0.600. The summed E-state index contributed by atoms with van der Waals surface area (Å²) in [6.07, 6.45) is 0.723. The highest BCUT2D eigenvalue weighted by Crippen LogP contribution is 2.18. The molecule has 1 atom stereocenters. The Bertz CT molecular complexity index is 1010. The van der Waals surface area contributed by atoms with E-state index in [0.717, 1.165) is 27.8 Å². The molecule has 0 radical (unpaired) electrons. The normalized spacial score (nSPS) is 11.6. The summed E-state index contributed by atoms with van der Waals surface area (Å²) in [6.45, 7) is 4.45. The van der Waals surface area contributed by atoms with Gasteiger partial charge in [-0.15, -0.1) is 0 Å². The highest BCUT2D eigenvalue weighted by Gasteiger charge is 2.30. The highest BCUT2D eigenvalue weighted by molar-refractivity contribution is 5.88. The topological polar surface area (TPSA) is 49.4 Å². The predicted molar refractivity (Wildman–Crippen MR) is 125 cm³/mol. The summed E-state index contributed by atoms with van der Waals surface area (Å²) in [5.74, 6) is -0.216. The van der Waals surface area contributed by atoms with Crippen molar-refractivity contribution >= 4 is 11.8 Å². The minimum atomic E-state index is -0.593. The Morgan fingerprint density at radius 2 is 1.48 bits per heavy atom. The molecule has 0 saturated heterocycles. The lowest BCUT2D eigenvalue weighted by Gasteiger charge is -2.31. The van der Waals surface area contributed by atoms with Crippen LogP contribution in [-0.4, -0.2) is 29.8 Å². The van der Waals surface area contributed by atoms with Crippen LogP contribution in [0.2, 0.25) is 0 Å². The number of nitrogens with zero attached hydrogens (tertiary/aromatic N) is 1. The molecular weight excluding hydrogens is 384 g/mol. The molecular formula is C27H30N2O2. The first-order valence-corrected chi connectivity index (χ1v) is 10.6. The summed E-state index contributed by atoms with van der Waals surface area (Å²) < 4.78 is 0. The fourth-order valence-electron chi connectivity index (χ4n) is 3.67.